The first-order valence-corrected chi connectivity index (χ1v) is 6.81. The molecular weight excluding hydrogens is 292 g/mol. The van der Waals surface area contributed by atoms with Gasteiger partial charge in [0, 0.05) is 6.92 Å². The van der Waals surface area contributed by atoms with Gasteiger partial charge >= 0.3 is 6.01 Å². The van der Waals surface area contributed by atoms with Gasteiger partial charge in [-0.1, -0.05) is 16.7 Å². The molecule has 19 heavy (non-hydrogen) atoms. The molecular formula is C10H7ClN4O3S. The highest BCUT2D eigenvalue weighted by molar-refractivity contribution is 7.92. The van der Waals surface area contributed by atoms with E-state index in [9.17, 15) is 8.42 Å². The lowest BCUT2D eigenvalue weighted by Crippen LogP contribution is -2.13. The van der Waals surface area contributed by atoms with Crippen molar-refractivity contribution in [2.24, 2.45) is 0 Å². The van der Waals surface area contributed by atoms with Crippen LogP contribution in [0.15, 0.2) is 27.5 Å². The van der Waals surface area contributed by atoms with E-state index in [-0.39, 0.29) is 27.4 Å². The van der Waals surface area contributed by atoms with E-state index in [1.165, 1.54) is 25.1 Å². The highest BCUT2D eigenvalue weighted by Gasteiger charge is 2.18. The molecule has 0 saturated heterocycles. The number of hydrogen-bond donors (Lipinski definition) is 1. The highest BCUT2D eigenvalue weighted by Crippen LogP contribution is 2.21. The number of halogens is 1. The maximum absolute atomic E-state index is 12.0. The van der Waals surface area contributed by atoms with Crippen molar-refractivity contribution in [3.63, 3.8) is 0 Å². The van der Waals surface area contributed by atoms with Gasteiger partial charge in [-0.15, -0.1) is 5.10 Å². The minimum atomic E-state index is -3.89. The van der Waals surface area contributed by atoms with Crippen LogP contribution in [0, 0.1) is 18.3 Å². The second-order valence-electron chi connectivity index (χ2n) is 3.49. The zero-order valence-corrected chi connectivity index (χ0v) is 11.2. The monoisotopic (exact) mass is 298 g/mol. The Balaban J connectivity index is 2.35. The predicted molar refractivity (Wildman–Crippen MR) is 66.0 cm³/mol. The van der Waals surface area contributed by atoms with Crippen molar-refractivity contribution in [1.82, 2.24) is 10.2 Å². The van der Waals surface area contributed by atoms with Gasteiger partial charge in [0.05, 0.1) is 15.5 Å². The molecule has 2 aromatic rings. The molecule has 2 rings (SSSR count). The average Bonchev–Trinajstić information content (AvgIpc) is 2.73. The van der Waals surface area contributed by atoms with E-state index < -0.39 is 10.0 Å². The van der Waals surface area contributed by atoms with E-state index in [1.807, 2.05) is 6.07 Å². The Morgan fingerprint density at radius 1 is 1.42 bits per heavy atom. The molecule has 0 atom stereocenters. The van der Waals surface area contributed by atoms with Gasteiger partial charge in [0.25, 0.3) is 10.0 Å². The quantitative estimate of drug-likeness (QED) is 0.923. The molecule has 0 aliphatic heterocycles. The molecule has 0 aliphatic rings. The molecule has 0 saturated carbocycles. The van der Waals surface area contributed by atoms with Crippen molar-refractivity contribution >= 4 is 27.6 Å². The van der Waals surface area contributed by atoms with Gasteiger partial charge in [-0.05, 0) is 18.2 Å². The Bertz CT molecular complexity index is 763. The SMILES string of the molecule is Cc1nnc(NS(=O)(=O)c2ccc(C#N)c(Cl)c2)o1. The molecule has 9 heteroatoms. The Morgan fingerprint density at radius 3 is 2.68 bits per heavy atom. The van der Waals surface area contributed by atoms with Crippen molar-refractivity contribution in [2.75, 3.05) is 4.72 Å². The lowest BCUT2D eigenvalue weighted by atomic mass is 10.2. The third kappa shape index (κ3) is 2.83. The first kappa shape index (κ1) is 13.3. The van der Waals surface area contributed by atoms with E-state index in [4.69, 9.17) is 21.3 Å². The largest absolute Gasteiger partial charge is 0.408 e. The average molecular weight is 299 g/mol. The summed E-state index contributed by atoms with van der Waals surface area (Å²) < 4.78 is 31.0. The van der Waals surface area contributed by atoms with Crippen LogP contribution in [0.4, 0.5) is 6.01 Å². The van der Waals surface area contributed by atoms with Crippen LogP contribution in [0.2, 0.25) is 5.02 Å². The predicted octanol–water partition coefficient (Wildman–Crippen LogP) is 1.70. The van der Waals surface area contributed by atoms with Crippen molar-refractivity contribution < 1.29 is 12.8 Å². The van der Waals surface area contributed by atoms with Gasteiger partial charge in [0.15, 0.2) is 0 Å². The second kappa shape index (κ2) is 4.87. The van der Waals surface area contributed by atoms with Gasteiger partial charge in [-0.25, -0.2) is 13.1 Å². The van der Waals surface area contributed by atoms with Gasteiger partial charge in [0.1, 0.15) is 6.07 Å². The van der Waals surface area contributed by atoms with Gasteiger partial charge in [0.2, 0.25) is 5.89 Å². The first-order valence-electron chi connectivity index (χ1n) is 4.95. The molecule has 0 fully saturated rings. The Hall–Kier alpha value is -2.11. The molecule has 7 nitrogen and oxygen atoms in total. The maximum Gasteiger partial charge on any atom is 0.329 e. The number of benzene rings is 1. The molecule has 0 spiro atoms. The molecule has 0 amide bonds. The van der Waals surface area contributed by atoms with Crippen LogP contribution in [-0.2, 0) is 10.0 Å². The van der Waals surface area contributed by atoms with Gasteiger partial charge in [-0.2, -0.15) is 5.26 Å². The summed E-state index contributed by atoms with van der Waals surface area (Å²) in [4.78, 5) is -0.104. The summed E-state index contributed by atoms with van der Waals surface area (Å²) in [6, 6.07) is 5.35. The number of rotatable bonds is 3. The van der Waals surface area contributed by atoms with E-state index in [1.54, 1.807) is 0 Å². The molecule has 1 N–H and O–H groups in total. The number of aryl methyl sites for hydroxylation is 1. The zero-order chi connectivity index (χ0) is 14.0. The van der Waals surface area contributed by atoms with Crippen LogP contribution in [0.25, 0.3) is 0 Å². The van der Waals surface area contributed by atoms with Crippen LogP contribution < -0.4 is 4.72 Å². The number of nitrogens with one attached hydrogen (secondary N) is 1. The molecule has 1 aromatic heterocycles. The topological polar surface area (TPSA) is 109 Å². The summed E-state index contributed by atoms with van der Waals surface area (Å²) in [6.45, 7) is 1.53. The van der Waals surface area contributed by atoms with Crippen molar-refractivity contribution in [2.45, 2.75) is 11.8 Å². The fraction of sp³-hybridized carbons (Fsp3) is 0.100. The fourth-order valence-corrected chi connectivity index (χ4v) is 2.50. The third-order valence-electron chi connectivity index (χ3n) is 2.12. The number of sulfonamides is 1. The van der Waals surface area contributed by atoms with Crippen LogP contribution in [0.5, 0.6) is 0 Å². The van der Waals surface area contributed by atoms with Gasteiger partial charge in [-0.3, -0.25) is 0 Å². The van der Waals surface area contributed by atoms with E-state index >= 15 is 0 Å². The minimum Gasteiger partial charge on any atom is -0.408 e. The lowest BCUT2D eigenvalue weighted by molar-refractivity contribution is 0.534. The lowest BCUT2D eigenvalue weighted by Gasteiger charge is -2.04. The second-order valence-corrected chi connectivity index (χ2v) is 5.57. The molecule has 1 heterocycles. The van der Waals surface area contributed by atoms with Crippen LogP contribution in [0.3, 0.4) is 0 Å². The number of nitrogens with zero attached hydrogens (tertiary/aromatic N) is 3. The smallest absolute Gasteiger partial charge is 0.329 e. The summed E-state index contributed by atoms with van der Waals surface area (Å²) in [7, 11) is -3.89. The molecule has 0 aliphatic carbocycles. The van der Waals surface area contributed by atoms with Crippen LogP contribution >= 0.6 is 11.6 Å². The van der Waals surface area contributed by atoms with Crippen molar-refractivity contribution in [3.05, 3.63) is 34.7 Å². The molecule has 98 valence electrons. The third-order valence-corrected chi connectivity index (χ3v) is 3.75. The Labute approximate surface area is 113 Å². The first-order chi connectivity index (χ1) is 8.92. The number of hydrogen-bond acceptors (Lipinski definition) is 6. The number of nitriles is 1. The molecule has 0 unspecified atom stereocenters. The normalized spacial score (nSPS) is 11.0. The standard InChI is InChI=1S/C10H7ClN4O3S/c1-6-13-14-10(18-6)15-19(16,17)8-3-2-7(5-12)9(11)4-8/h2-4H,1H3,(H,14,15). The van der Waals surface area contributed by atoms with Crippen LogP contribution in [0.1, 0.15) is 11.5 Å². The summed E-state index contributed by atoms with van der Waals surface area (Å²) in [5, 5.41) is 15.8. The highest BCUT2D eigenvalue weighted by atomic mass is 35.5. The number of anilines is 1. The minimum absolute atomic E-state index is 0.0482. The summed E-state index contributed by atoms with van der Waals surface area (Å²) in [5.41, 5.74) is 0.189. The molecule has 1 aromatic carbocycles. The van der Waals surface area contributed by atoms with E-state index in [0.717, 1.165) is 0 Å². The fourth-order valence-electron chi connectivity index (χ4n) is 1.27. The summed E-state index contributed by atoms with van der Waals surface area (Å²) >= 11 is 5.78. The van der Waals surface area contributed by atoms with Crippen LogP contribution in [-0.4, -0.2) is 18.6 Å². The molecule has 0 bridgehead atoms. The van der Waals surface area contributed by atoms with Gasteiger partial charge < -0.3 is 4.42 Å². The molecule has 0 radical (unpaired) electrons. The maximum atomic E-state index is 12.0. The van der Waals surface area contributed by atoms with Crippen molar-refractivity contribution in [1.29, 1.82) is 5.26 Å². The van der Waals surface area contributed by atoms with E-state index in [0.29, 0.717) is 0 Å². The Morgan fingerprint density at radius 2 is 2.16 bits per heavy atom. The van der Waals surface area contributed by atoms with Crippen molar-refractivity contribution in [3.8, 4) is 6.07 Å². The number of aromatic nitrogens is 2. The zero-order valence-electron chi connectivity index (χ0n) is 9.58. The summed E-state index contributed by atoms with van der Waals surface area (Å²) in [6.07, 6.45) is 0. The summed E-state index contributed by atoms with van der Waals surface area (Å²) in [5.74, 6) is 0.232. The van der Waals surface area contributed by atoms with E-state index in [2.05, 4.69) is 14.9 Å². The Kier molecular flexibility index (Phi) is 3.42.